The number of furan rings is 1. The Morgan fingerprint density at radius 2 is 2.47 bits per heavy atom. The van der Waals surface area contributed by atoms with Gasteiger partial charge in [0, 0.05) is 14.2 Å². The second-order valence-corrected chi connectivity index (χ2v) is 3.83. The summed E-state index contributed by atoms with van der Waals surface area (Å²) in [5, 5.41) is 9.17. The van der Waals surface area contributed by atoms with Gasteiger partial charge in [-0.15, -0.1) is 0 Å². The SMILES string of the molecule is COC[C@@H](NC(=O)Nc1ncnn1C)c1ccco1. The lowest BCUT2D eigenvalue weighted by Crippen LogP contribution is -2.35. The van der Waals surface area contributed by atoms with Gasteiger partial charge in [0.05, 0.1) is 12.9 Å². The van der Waals surface area contributed by atoms with Gasteiger partial charge in [-0.1, -0.05) is 0 Å². The van der Waals surface area contributed by atoms with Crippen molar-refractivity contribution in [3.05, 3.63) is 30.5 Å². The zero-order valence-corrected chi connectivity index (χ0v) is 10.7. The number of hydrogen-bond acceptors (Lipinski definition) is 5. The molecule has 0 saturated heterocycles. The molecule has 8 nitrogen and oxygen atoms in total. The van der Waals surface area contributed by atoms with E-state index in [0.717, 1.165) is 0 Å². The van der Waals surface area contributed by atoms with Crippen LogP contribution in [-0.4, -0.2) is 34.5 Å². The molecule has 2 aromatic rings. The Hall–Kier alpha value is -2.35. The van der Waals surface area contributed by atoms with Crippen LogP contribution in [-0.2, 0) is 11.8 Å². The van der Waals surface area contributed by atoms with E-state index in [-0.39, 0.29) is 6.04 Å². The fraction of sp³-hybridized carbons (Fsp3) is 0.364. The molecule has 0 fully saturated rings. The predicted octanol–water partition coefficient (Wildman–Crippen LogP) is 0.917. The van der Waals surface area contributed by atoms with Crippen molar-refractivity contribution in [2.75, 3.05) is 19.0 Å². The molecule has 0 saturated carbocycles. The molecule has 0 bridgehead atoms. The van der Waals surface area contributed by atoms with E-state index >= 15 is 0 Å². The molecule has 2 amide bonds. The second kappa shape index (κ2) is 6.01. The van der Waals surface area contributed by atoms with Crippen LogP contribution in [0.3, 0.4) is 0 Å². The van der Waals surface area contributed by atoms with Crippen molar-refractivity contribution in [3.8, 4) is 0 Å². The average molecular weight is 265 g/mol. The lowest BCUT2D eigenvalue weighted by atomic mass is 10.2. The maximum absolute atomic E-state index is 11.8. The first-order valence-corrected chi connectivity index (χ1v) is 5.64. The molecular formula is C11H15N5O3. The number of amides is 2. The highest BCUT2D eigenvalue weighted by Gasteiger charge is 2.17. The van der Waals surface area contributed by atoms with Gasteiger partial charge in [-0.2, -0.15) is 10.1 Å². The van der Waals surface area contributed by atoms with Gasteiger partial charge in [-0.05, 0) is 12.1 Å². The van der Waals surface area contributed by atoms with Crippen LogP contribution in [0.25, 0.3) is 0 Å². The molecule has 8 heteroatoms. The number of carbonyl (C=O) groups is 1. The summed E-state index contributed by atoms with van der Waals surface area (Å²) < 4.78 is 11.8. The van der Waals surface area contributed by atoms with Crippen LogP contribution in [0.1, 0.15) is 11.8 Å². The van der Waals surface area contributed by atoms with Crippen molar-refractivity contribution in [2.45, 2.75) is 6.04 Å². The van der Waals surface area contributed by atoms with Gasteiger partial charge in [0.15, 0.2) is 0 Å². The topological polar surface area (TPSA) is 94.2 Å². The highest BCUT2D eigenvalue weighted by molar-refractivity contribution is 5.87. The van der Waals surface area contributed by atoms with Crippen LogP contribution >= 0.6 is 0 Å². The quantitative estimate of drug-likeness (QED) is 0.838. The Kier molecular flexibility index (Phi) is 4.14. The molecule has 0 aliphatic carbocycles. The molecule has 19 heavy (non-hydrogen) atoms. The molecule has 2 rings (SSSR count). The molecule has 0 aliphatic heterocycles. The molecule has 0 unspecified atom stereocenters. The van der Waals surface area contributed by atoms with Gasteiger partial charge in [-0.25, -0.2) is 9.48 Å². The van der Waals surface area contributed by atoms with E-state index < -0.39 is 6.03 Å². The van der Waals surface area contributed by atoms with Crippen molar-refractivity contribution >= 4 is 12.0 Å². The number of ether oxygens (including phenoxy) is 1. The molecule has 0 radical (unpaired) electrons. The lowest BCUT2D eigenvalue weighted by molar-refractivity contribution is 0.159. The normalized spacial score (nSPS) is 12.1. The van der Waals surface area contributed by atoms with Crippen molar-refractivity contribution in [1.29, 1.82) is 0 Å². The number of hydrogen-bond donors (Lipinski definition) is 2. The molecule has 0 aliphatic rings. The minimum absolute atomic E-state index is 0.305. The zero-order chi connectivity index (χ0) is 13.7. The third kappa shape index (κ3) is 3.32. The molecule has 0 spiro atoms. The zero-order valence-electron chi connectivity index (χ0n) is 10.7. The first-order valence-electron chi connectivity index (χ1n) is 5.64. The van der Waals surface area contributed by atoms with Gasteiger partial charge < -0.3 is 14.5 Å². The second-order valence-electron chi connectivity index (χ2n) is 3.83. The molecular weight excluding hydrogens is 250 g/mol. The summed E-state index contributed by atoms with van der Waals surface area (Å²) in [5.74, 6) is 0.975. The smallest absolute Gasteiger partial charge is 0.322 e. The van der Waals surface area contributed by atoms with Gasteiger partial charge >= 0.3 is 6.03 Å². The summed E-state index contributed by atoms with van der Waals surface area (Å²) in [5.41, 5.74) is 0. The molecule has 2 N–H and O–H groups in total. The Bertz CT molecular complexity index is 522. The van der Waals surface area contributed by atoms with E-state index in [1.54, 1.807) is 32.6 Å². The van der Waals surface area contributed by atoms with Crippen LogP contribution in [0.15, 0.2) is 29.1 Å². The van der Waals surface area contributed by atoms with E-state index in [1.807, 2.05) is 0 Å². The van der Waals surface area contributed by atoms with Gasteiger partial charge in [0.1, 0.15) is 18.1 Å². The molecule has 102 valence electrons. The summed E-state index contributed by atoms with van der Waals surface area (Å²) in [6, 6.07) is 2.75. The van der Waals surface area contributed by atoms with Crippen molar-refractivity contribution < 1.29 is 13.9 Å². The summed E-state index contributed by atoms with van der Waals surface area (Å²) in [4.78, 5) is 15.7. The monoisotopic (exact) mass is 265 g/mol. The molecule has 2 heterocycles. The third-order valence-electron chi connectivity index (χ3n) is 2.46. The van der Waals surface area contributed by atoms with E-state index in [1.165, 1.54) is 11.0 Å². The van der Waals surface area contributed by atoms with E-state index in [2.05, 4.69) is 20.7 Å². The van der Waals surface area contributed by atoms with Crippen LogP contribution in [0, 0.1) is 0 Å². The Balaban J connectivity index is 1.97. The fourth-order valence-corrected chi connectivity index (χ4v) is 1.56. The highest BCUT2D eigenvalue weighted by Crippen LogP contribution is 2.13. The lowest BCUT2D eigenvalue weighted by Gasteiger charge is -2.15. The van der Waals surface area contributed by atoms with Crippen LogP contribution in [0.2, 0.25) is 0 Å². The van der Waals surface area contributed by atoms with Crippen molar-refractivity contribution in [3.63, 3.8) is 0 Å². The van der Waals surface area contributed by atoms with Crippen molar-refractivity contribution in [2.24, 2.45) is 7.05 Å². The van der Waals surface area contributed by atoms with Gasteiger partial charge in [-0.3, -0.25) is 5.32 Å². The van der Waals surface area contributed by atoms with Crippen LogP contribution in [0.5, 0.6) is 0 Å². The number of aromatic nitrogens is 3. The maximum Gasteiger partial charge on any atom is 0.322 e. The third-order valence-corrected chi connectivity index (χ3v) is 2.46. The first-order chi connectivity index (χ1) is 9.20. The van der Waals surface area contributed by atoms with Crippen LogP contribution < -0.4 is 10.6 Å². The summed E-state index contributed by atoms with van der Waals surface area (Å²) in [7, 11) is 3.24. The number of methoxy groups -OCH3 is 1. The molecule has 1 atom stereocenters. The first kappa shape index (κ1) is 13.1. The van der Waals surface area contributed by atoms with Gasteiger partial charge in [0.2, 0.25) is 5.95 Å². The Labute approximate surface area is 109 Å². The standard InChI is InChI=1S/C11H15N5O3/c1-16-10(12-7-13-16)15-11(17)14-8(6-18-2)9-4-3-5-19-9/h3-5,7-8H,6H2,1-2H3,(H2,12,13,14,15,17)/t8-/m1/s1. The Morgan fingerprint density at radius 1 is 1.63 bits per heavy atom. The van der Waals surface area contributed by atoms with Crippen LogP contribution in [0.4, 0.5) is 10.7 Å². The number of nitrogens with one attached hydrogen (secondary N) is 2. The summed E-state index contributed by atoms with van der Waals surface area (Å²) in [6.07, 6.45) is 2.90. The fourth-order valence-electron chi connectivity index (χ4n) is 1.56. The number of nitrogens with zero attached hydrogens (tertiary/aromatic N) is 3. The summed E-state index contributed by atoms with van der Waals surface area (Å²) >= 11 is 0. The highest BCUT2D eigenvalue weighted by atomic mass is 16.5. The molecule has 0 aromatic carbocycles. The molecule has 2 aromatic heterocycles. The number of anilines is 1. The maximum atomic E-state index is 11.8. The minimum atomic E-state index is -0.408. The number of carbonyl (C=O) groups excluding carboxylic acids is 1. The van der Waals surface area contributed by atoms with E-state index in [9.17, 15) is 4.79 Å². The minimum Gasteiger partial charge on any atom is -0.467 e. The average Bonchev–Trinajstić information content (AvgIpc) is 3.01. The largest absolute Gasteiger partial charge is 0.467 e. The number of urea groups is 1. The van der Waals surface area contributed by atoms with Gasteiger partial charge in [0.25, 0.3) is 0 Å². The van der Waals surface area contributed by atoms with Crippen molar-refractivity contribution in [1.82, 2.24) is 20.1 Å². The van der Waals surface area contributed by atoms with E-state index in [0.29, 0.717) is 18.3 Å². The predicted molar refractivity (Wildman–Crippen MR) is 66.5 cm³/mol. The Morgan fingerprint density at radius 3 is 3.05 bits per heavy atom. The number of rotatable bonds is 5. The number of aryl methyl sites for hydroxylation is 1. The summed E-state index contributed by atoms with van der Waals surface area (Å²) in [6.45, 7) is 0.305. The van der Waals surface area contributed by atoms with E-state index in [4.69, 9.17) is 9.15 Å².